The average Bonchev–Trinajstić information content (AvgIpc) is 2.95. The van der Waals surface area contributed by atoms with Gasteiger partial charge in [0.25, 0.3) is 0 Å². The maximum absolute atomic E-state index is 14.7. The van der Waals surface area contributed by atoms with Crippen molar-refractivity contribution < 1.29 is 45.8 Å². The number of carbonyl (C=O) groups excluding carboxylic acids is 2. The number of unbranched alkanes of at least 4 members (excludes halogenated alkanes) is 2. The molecule has 7 nitrogen and oxygen atoms in total. The molecule has 12 heteroatoms. The van der Waals surface area contributed by atoms with Gasteiger partial charge >= 0.3 is 24.2 Å². The van der Waals surface area contributed by atoms with Gasteiger partial charge in [-0.25, -0.2) is 9.59 Å². The minimum atomic E-state index is -4.21. The molecule has 0 aromatic heterocycles. The zero-order valence-corrected chi connectivity index (χ0v) is 23.7. The van der Waals surface area contributed by atoms with Crippen molar-refractivity contribution in [1.29, 1.82) is 0 Å². The fraction of sp³-hybridized carbons (Fsp3) is 0.312. The first-order valence-corrected chi connectivity index (χ1v) is 13.8. The minimum Gasteiger partial charge on any atom is -0.463 e. The molecule has 0 aliphatic heterocycles. The zero-order chi connectivity index (χ0) is 32.2. The second-order valence-corrected chi connectivity index (χ2v) is 9.94. The molecule has 0 radical (unpaired) electrons. The van der Waals surface area contributed by atoms with Crippen molar-refractivity contribution in [2.24, 2.45) is 0 Å². The number of esters is 2. The van der Waals surface area contributed by atoms with Gasteiger partial charge in [-0.15, -0.1) is 0 Å². The lowest BCUT2D eigenvalue weighted by molar-refractivity contribution is -0.185. The Morgan fingerprint density at radius 2 is 1.36 bits per heavy atom. The summed E-state index contributed by atoms with van der Waals surface area (Å²) in [6, 6.07) is 15.3. The summed E-state index contributed by atoms with van der Waals surface area (Å²) >= 11 is 0. The Hall–Kier alpha value is -4.61. The van der Waals surface area contributed by atoms with Crippen LogP contribution in [0, 0.1) is 0 Å². The van der Waals surface area contributed by atoms with Crippen molar-refractivity contribution in [3.8, 4) is 5.75 Å². The van der Waals surface area contributed by atoms with Crippen LogP contribution in [0.1, 0.15) is 59.2 Å². The van der Waals surface area contributed by atoms with Crippen LogP contribution in [0.25, 0.3) is 6.08 Å². The van der Waals surface area contributed by atoms with E-state index in [0.717, 1.165) is 0 Å². The van der Waals surface area contributed by atoms with Crippen LogP contribution in [-0.2, 0) is 26.8 Å². The highest BCUT2D eigenvalue weighted by atomic mass is 19.4. The highest BCUT2D eigenvalue weighted by Crippen LogP contribution is 2.32. The quantitative estimate of drug-likeness (QED) is 0.0597. The summed E-state index contributed by atoms with van der Waals surface area (Å²) in [5.74, 6) is -1.27. The Bertz CT molecular complexity index is 1390. The molecule has 0 heterocycles. The van der Waals surface area contributed by atoms with Gasteiger partial charge in [-0.1, -0.05) is 24.3 Å². The van der Waals surface area contributed by atoms with Crippen molar-refractivity contribution in [3.63, 3.8) is 0 Å². The minimum absolute atomic E-state index is 0.0270. The van der Waals surface area contributed by atoms with Gasteiger partial charge in [0.05, 0.1) is 24.3 Å². The van der Waals surface area contributed by atoms with E-state index in [1.165, 1.54) is 78.9 Å². The molecule has 3 aromatic carbocycles. The monoisotopic (exact) mass is 620 g/mol. The number of alkyl halides is 5. The van der Waals surface area contributed by atoms with E-state index in [1.54, 1.807) is 0 Å². The Balaban J connectivity index is 1.36. The number of hydrogen-bond acceptors (Lipinski definition) is 7. The molecule has 0 unspecified atom stereocenters. The van der Waals surface area contributed by atoms with E-state index >= 15 is 0 Å². The number of anilines is 2. The summed E-state index contributed by atoms with van der Waals surface area (Å²) in [7, 11) is 0. The summed E-state index contributed by atoms with van der Waals surface area (Å²) in [5.41, 5.74) is 13.1. The Morgan fingerprint density at radius 1 is 0.750 bits per heavy atom. The molecule has 44 heavy (non-hydrogen) atoms. The summed E-state index contributed by atoms with van der Waals surface area (Å²) in [5, 5.41) is 0. The van der Waals surface area contributed by atoms with Crippen LogP contribution in [0.4, 0.5) is 33.3 Å². The molecule has 0 atom stereocenters. The van der Waals surface area contributed by atoms with Crippen molar-refractivity contribution >= 4 is 29.4 Å². The first-order valence-electron chi connectivity index (χ1n) is 13.8. The predicted molar refractivity (Wildman–Crippen MR) is 156 cm³/mol. The van der Waals surface area contributed by atoms with Crippen molar-refractivity contribution in [2.45, 2.75) is 50.8 Å². The number of ether oxygens (including phenoxy) is 3. The summed E-state index contributed by atoms with van der Waals surface area (Å²) < 4.78 is 81.2. The first kappa shape index (κ1) is 33.9. The molecule has 4 N–H and O–H groups in total. The van der Waals surface area contributed by atoms with Crippen LogP contribution < -0.4 is 16.2 Å². The van der Waals surface area contributed by atoms with Crippen LogP contribution in [0.3, 0.4) is 0 Å². The van der Waals surface area contributed by atoms with Crippen LogP contribution in [0.15, 0.2) is 72.8 Å². The van der Waals surface area contributed by atoms with Gasteiger partial charge in [0.2, 0.25) is 0 Å². The number of carbonyl (C=O) groups is 2. The Kier molecular flexibility index (Phi) is 12.1. The molecule has 0 fully saturated rings. The largest absolute Gasteiger partial charge is 0.463 e. The number of nitrogen functional groups attached to an aromatic ring is 2. The van der Waals surface area contributed by atoms with Crippen LogP contribution in [0.5, 0.6) is 5.75 Å². The topological polar surface area (TPSA) is 114 Å². The van der Waals surface area contributed by atoms with Crippen molar-refractivity contribution in [1.82, 2.24) is 0 Å². The number of halogens is 5. The van der Waals surface area contributed by atoms with Crippen molar-refractivity contribution in [3.05, 3.63) is 95.1 Å². The second kappa shape index (κ2) is 15.7. The maximum Gasteiger partial charge on any atom is 0.426 e. The van der Waals surface area contributed by atoms with Gasteiger partial charge in [-0.05, 0) is 91.8 Å². The molecule has 0 saturated heterocycles. The molecular formula is C32H33F5N2O5. The molecule has 0 aliphatic carbocycles. The molecule has 3 aromatic rings. The van der Waals surface area contributed by atoms with Crippen LogP contribution in [-0.4, -0.2) is 31.3 Å². The first-order chi connectivity index (χ1) is 20.8. The third-order valence-corrected chi connectivity index (χ3v) is 6.23. The van der Waals surface area contributed by atoms with E-state index in [0.29, 0.717) is 48.2 Å². The Morgan fingerprint density at radius 3 is 1.98 bits per heavy atom. The zero-order valence-electron chi connectivity index (χ0n) is 23.7. The molecule has 3 rings (SSSR count). The van der Waals surface area contributed by atoms with E-state index in [2.05, 4.69) is 0 Å². The maximum atomic E-state index is 14.7. The highest BCUT2D eigenvalue weighted by molar-refractivity contribution is 5.91. The molecule has 0 spiro atoms. The number of aryl methyl sites for hydroxylation is 1. The van der Waals surface area contributed by atoms with E-state index in [1.807, 2.05) is 0 Å². The molecule has 0 aliphatic rings. The van der Waals surface area contributed by atoms with Gasteiger partial charge in [0.15, 0.2) is 0 Å². The lowest BCUT2D eigenvalue weighted by Gasteiger charge is -2.18. The summed E-state index contributed by atoms with van der Waals surface area (Å²) in [6.45, 7) is 0.223. The summed E-state index contributed by atoms with van der Waals surface area (Å²) in [6.07, 6.45) is -4.53. The van der Waals surface area contributed by atoms with Crippen molar-refractivity contribution in [2.75, 3.05) is 24.7 Å². The van der Waals surface area contributed by atoms with Gasteiger partial charge < -0.3 is 25.7 Å². The normalized spacial score (nSPS) is 11.8. The molecule has 0 saturated carbocycles. The lowest BCUT2D eigenvalue weighted by Crippen LogP contribution is -2.21. The number of benzene rings is 3. The van der Waals surface area contributed by atoms with E-state index in [-0.39, 0.29) is 30.9 Å². The fourth-order valence-electron chi connectivity index (χ4n) is 4.01. The smallest absolute Gasteiger partial charge is 0.426 e. The third-order valence-electron chi connectivity index (χ3n) is 6.23. The van der Waals surface area contributed by atoms with Gasteiger partial charge in [0, 0.05) is 23.9 Å². The van der Waals surface area contributed by atoms with Gasteiger partial charge in [-0.2, -0.15) is 22.0 Å². The Labute approximate surface area is 251 Å². The van der Waals surface area contributed by atoms with Crippen LogP contribution >= 0.6 is 0 Å². The number of rotatable bonds is 15. The van der Waals surface area contributed by atoms with Gasteiger partial charge in [-0.3, -0.25) is 0 Å². The third kappa shape index (κ3) is 11.9. The average molecular weight is 621 g/mol. The fourth-order valence-corrected chi connectivity index (χ4v) is 4.01. The number of nitrogens with two attached hydrogens (primary N) is 2. The van der Waals surface area contributed by atoms with E-state index < -0.39 is 36.2 Å². The molecule has 0 amide bonds. The summed E-state index contributed by atoms with van der Waals surface area (Å²) in [4.78, 5) is 24.0. The van der Waals surface area contributed by atoms with E-state index in [4.69, 9.17) is 25.7 Å². The molecular weight excluding hydrogens is 587 g/mol. The highest BCUT2D eigenvalue weighted by Gasteiger charge is 2.34. The van der Waals surface area contributed by atoms with Gasteiger partial charge in [0.1, 0.15) is 5.75 Å². The molecule has 0 bridgehead atoms. The number of hydrogen-bond donors (Lipinski definition) is 2. The molecule has 236 valence electrons. The standard InChI is InChI=1S/C32H33F5N2O5/c33-31(34,35)16-2-1-5-22-6-11-25(12-7-22)32(36,37)44-28-13-8-23(9-14-28)10-15-29(40)42-17-3-4-18-43-30(41)24-19-26(38)21-27(39)20-24/h6-15,19-21H,1-5,16-18,38-39H2. The van der Waals surface area contributed by atoms with E-state index in [9.17, 15) is 31.5 Å². The van der Waals surface area contributed by atoms with Crippen LogP contribution in [0.2, 0.25) is 0 Å². The lowest BCUT2D eigenvalue weighted by atomic mass is 10.0. The second-order valence-electron chi connectivity index (χ2n) is 9.94. The predicted octanol–water partition coefficient (Wildman–Crippen LogP) is 7.45. The SMILES string of the molecule is Nc1cc(N)cc(C(=O)OCCCCOC(=O)C=Cc2ccc(OC(F)(F)c3ccc(CCCCC(F)(F)F)cc3)cc2)c1.